The molecule has 0 unspecified atom stereocenters. The molecule has 120 valence electrons. The van der Waals surface area contributed by atoms with E-state index in [1.165, 1.54) is 6.07 Å². The van der Waals surface area contributed by atoms with Gasteiger partial charge in [-0.1, -0.05) is 6.07 Å². The van der Waals surface area contributed by atoms with Gasteiger partial charge in [0.2, 0.25) is 0 Å². The highest BCUT2D eigenvalue weighted by molar-refractivity contribution is 5.94. The molecule has 22 heavy (non-hydrogen) atoms. The molecule has 2 amide bonds. The van der Waals surface area contributed by atoms with E-state index in [-0.39, 0.29) is 13.1 Å². The number of hydrogen-bond acceptors (Lipinski definition) is 3. The van der Waals surface area contributed by atoms with Crippen LogP contribution >= 0.6 is 0 Å². The van der Waals surface area contributed by atoms with E-state index < -0.39 is 34.6 Å². The van der Waals surface area contributed by atoms with Gasteiger partial charge in [-0.05, 0) is 37.8 Å². The van der Waals surface area contributed by atoms with Crippen molar-refractivity contribution in [3.8, 4) is 0 Å². The molecule has 1 aromatic rings. The van der Waals surface area contributed by atoms with E-state index in [2.05, 4.69) is 10.6 Å². The van der Waals surface area contributed by atoms with Crippen LogP contribution < -0.4 is 10.6 Å². The minimum atomic E-state index is -1.33. The lowest BCUT2D eigenvalue weighted by Gasteiger charge is -2.20. The fraction of sp³-hybridized carbons (Fsp3) is 0.467. The number of hydrogen-bond donors (Lipinski definition) is 3. The van der Waals surface area contributed by atoms with Crippen LogP contribution in [0.3, 0.4) is 0 Å². The van der Waals surface area contributed by atoms with Crippen molar-refractivity contribution < 1.29 is 23.5 Å². The maximum atomic E-state index is 13.4. The van der Waals surface area contributed by atoms with Gasteiger partial charge in [0.05, 0.1) is 0 Å². The van der Waals surface area contributed by atoms with Gasteiger partial charge in [-0.2, -0.15) is 0 Å². The van der Waals surface area contributed by atoms with Crippen LogP contribution in [0.2, 0.25) is 0 Å². The normalized spacial score (nSPS) is 16.3. The molecule has 0 heterocycles. The molecule has 0 atom stereocenters. The molecule has 1 aromatic carbocycles. The topological polar surface area (TPSA) is 78.4 Å². The second kappa shape index (κ2) is 6.83. The molecule has 0 aliphatic heterocycles. The second-order valence-electron chi connectivity index (χ2n) is 5.35. The molecule has 0 spiro atoms. The number of halogens is 2. The molecule has 5 nitrogen and oxygen atoms in total. The lowest BCUT2D eigenvalue weighted by Crippen LogP contribution is -2.47. The first-order valence-corrected chi connectivity index (χ1v) is 7.17. The Balaban J connectivity index is 1.79. The van der Waals surface area contributed by atoms with Crippen molar-refractivity contribution >= 4 is 11.8 Å². The molecule has 0 aromatic heterocycles. The fourth-order valence-electron chi connectivity index (χ4n) is 2.51. The van der Waals surface area contributed by atoms with Crippen molar-refractivity contribution in [2.45, 2.75) is 31.3 Å². The maximum Gasteiger partial charge on any atom is 0.257 e. The summed E-state index contributed by atoms with van der Waals surface area (Å²) in [6.45, 7) is 0.0807. The summed E-state index contributed by atoms with van der Waals surface area (Å²) in [5, 5.41) is 14.9. The van der Waals surface area contributed by atoms with Crippen molar-refractivity contribution in [1.29, 1.82) is 0 Å². The lowest BCUT2D eigenvalue weighted by molar-refractivity contribution is -0.139. The van der Waals surface area contributed by atoms with Crippen molar-refractivity contribution in [3.05, 3.63) is 35.4 Å². The number of nitrogens with one attached hydrogen (secondary N) is 2. The third-order valence-electron chi connectivity index (χ3n) is 3.74. The number of amides is 2. The zero-order valence-electron chi connectivity index (χ0n) is 12.0. The first-order valence-electron chi connectivity index (χ1n) is 7.17. The first kappa shape index (κ1) is 16.4. The Hall–Kier alpha value is -2.02. The van der Waals surface area contributed by atoms with Crippen molar-refractivity contribution in [1.82, 2.24) is 10.6 Å². The van der Waals surface area contributed by atoms with Crippen LogP contribution in [0.4, 0.5) is 8.78 Å². The van der Waals surface area contributed by atoms with Crippen LogP contribution in [0.15, 0.2) is 18.2 Å². The minimum Gasteiger partial charge on any atom is -0.380 e. The third kappa shape index (κ3) is 3.59. The average molecular weight is 312 g/mol. The molecular formula is C15H18F2N2O3. The molecule has 3 N–H and O–H groups in total. The van der Waals surface area contributed by atoms with Crippen molar-refractivity contribution in [3.63, 3.8) is 0 Å². The molecule has 2 rings (SSSR count). The Morgan fingerprint density at radius 2 is 1.64 bits per heavy atom. The predicted octanol–water partition coefficient (Wildman–Crippen LogP) is 1.12. The Labute approximate surface area is 126 Å². The molecular weight excluding hydrogens is 294 g/mol. The van der Waals surface area contributed by atoms with Crippen LogP contribution in [-0.2, 0) is 4.79 Å². The summed E-state index contributed by atoms with van der Waals surface area (Å²) >= 11 is 0. The summed E-state index contributed by atoms with van der Waals surface area (Å²) in [5.41, 5.74) is -1.98. The predicted molar refractivity (Wildman–Crippen MR) is 75.1 cm³/mol. The highest BCUT2D eigenvalue weighted by atomic mass is 19.1. The van der Waals surface area contributed by atoms with Gasteiger partial charge in [0.1, 0.15) is 22.8 Å². The number of benzene rings is 1. The van der Waals surface area contributed by atoms with E-state index in [9.17, 15) is 23.5 Å². The number of carbonyl (C=O) groups excluding carboxylic acids is 2. The van der Waals surface area contributed by atoms with E-state index in [1.54, 1.807) is 0 Å². The van der Waals surface area contributed by atoms with Gasteiger partial charge in [-0.25, -0.2) is 8.78 Å². The van der Waals surface area contributed by atoms with Gasteiger partial charge in [-0.15, -0.1) is 0 Å². The van der Waals surface area contributed by atoms with E-state index in [0.717, 1.165) is 25.0 Å². The molecule has 7 heteroatoms. The van der Waals surface area contributed by atoms with Gasteiger partial charge in [0.25, 0.3) is 11.8 Å². The molecule has 0 radical (unpaired) electrons. The second-order valence-corrected chi connectivity index (χ2v) is 5.35. The van der Waals surface area contributed by atoms with E-state index >= 15 is 0 Å². The van der Waals surface area contributed by atoms with Gasteiger partial charge >= 0.3 is 0 Å². The van der Waals surface area contributed by atoms with E-state index in [4.69, 9.17) is 0 Å². The van der Waals surface area contributed by atoms with Gasteiger partial charge in [-0.3, -0.25) is 9.59 Å². The molecule has 0 saturated heterocycles. The molecule has 0 bridgehead atoms. The van der Waals surface area contributed by atoms with Gasteiger partial charge < -0.3 is 15.7 Å². The van der Waals surface area contributed by atoms with Gasteiger partial charge in [0, 0.05) is 13.1 Å². The fourth-order valence-corrected chi connectivity index (χ4v) is 2.51. The van der Waals surface area contributed by atoms with Crippen LogP contribution in [0.25, 0.3) is 0 Å². The standard InChI is InChI=1S/C15H18F2N2O3/c16-10-4-3-5-11(17)12(10)13(20)18-8-9-19-14(21)15(22)6-1-2-7-15/h3-5,22H,1-2,6-9H2,(H,18,20)(H,19,21). The summed E-state index contributed by atoms with van der Waals surface area (Å²) in [5.74, 6) is -3.25. The summed E-state index contributed by atoms with van der Waals surface area (Å²) in [6, 6.07) is 3.16. The third-order valence-corrected chi connectivity index (χ3v) is 3.74. The maximum absolute atomic E-state index is 13.4. The Morgan fingerprint density at radius 1 is 1.09 bits per heavy atom. The minimum absolute atomic E-state index is 0.00836. The summed E-state index contributed by atoms with van der Waals surface area (Å²) < 4.78 is 26.8. The highest BCUT2D eigenvalue weighted by Crippen LogP contribution is 2.29. The number of carbonyl (C=O) groups is 2. The van der Waals surface area contributed by atoms with E-state index in [1.807, 2.05) is 0 Å². The molecule has 1 saturated carbocycles. The smallest absolute Gasteiger partial charge is 0.257 e. The summed E-state index contributed by atoms with van der Waals surface area (Å²) in [7, 11) is 0. The van der Waals surface area contributed by atoms with Crippen molar-refractivity contribution in [2.75, 3.05) is 13.1 Å². The van der Waals surface area contributed by atoms with Crippen LogP contribution in [0.1, 0.15) is 36.0 Å². The van der Waals surface area contributed by atoms with Crippen LogP contribution in [-0.4, -0.2) is 35.6 Å². The first-order chi connectivity index (χ1) is 10.4. The highest BCUT2D eigenvalue weighted by Gasteiger charge is 2.38. The Kier molecular flexibility index (Phi) is 5.07. The number of aliphatic hydroxyl groups is 1. The zero-order chi connectivity index (χ0) is 16.2. The SMILES string of the molecule is O=C(NCCNC(=O)C1(O)CCCC1)c1c(F)cccc1F. The summed E-state index contributed by atoms with van der Waals surface area (Å²) in [4.78, 5) is 23.5. The van der Waals surface area contributed by atoms with Crippen LogP contribution in [0.5, 0.6) is 0 Å². The quantitative estimate of drug-likeness (QED) is 0.713. The summed E-state index contributed by atoms with van der Waals surface area (Å²) in [6.07, 6.45) is 2.44. The number of rotatable bonds is 5. The lowest BCUT2D eigenvalue weighted by atomic mass is 10.0. The zero-order valence-corrected chi connectivity index (χ0v) is 12.0. The molecule has 1 fully saturated rings. The molecule has 1 aliphatic rings. The Bertz CT molecular complexity index is 552. The average Bonchev–Trinajstić information content (AvgIpc) is 2.91. The monoisotopic (exact) mass is 312 g/mol. The molecule has 1 aliphatic carbocycles. The van der Waals surface area contributed by atoms with Gasteiger partial charge in [0.15, 0.2) is 0 Å². The Morgan fingerprint density at radius 3 is 2.23 bits per heavy atom. The largest absolute Gasteiger partial charge is 0.380 e. The van der Waals surface area contributed by atoms with E-state index in [0.29, 0.717) is 12.8 Å². The van der Waals surface area contributed by atoms with Crippen molar-refractivity contribution in [2.24, 2.45) is 0 Å². The van der Waals surface area contributed by atoms with Crippen LogP contribution in [0, 0.1) is 11.6 Å².